The molecule has 1 saturated carbocycles. The Kier molecular flexibility index (Phi) is 3.20. The van der Waals surface area contributed by atoms with Gasteiger partial charge in [-0.15, -0.1) is 0 Å². The smallest absolute Gasteiger partial charge is 0.272 e. The predicted molar refractivity (Wildman–Crippen MR) is 87.0 cm³/mol. The molecule has 0 bridgehead atoms. The molecule has 2 heterocycles. The molecule has 9 heteroatoms. The number of nitro benzene ring substituents is 1. The van der Waals surface area contributed by atoms with Crippen molar-refractivity contribution in [3.63, 3.8) is 0 Å². The molecule has 1 spiro atoms. The normalized spacial score (nSPS) is 16.7. The van der Waals surface area contributed by atoms with Gasteiger partial charge in [0.15, 0.2) is 5.75 Å². The van der Waals surface area contributed by atoms with Crippen molar-refractivity contribution in [1.29, 1.82) is 0 Å². The Hall–Kier alpha value is -2.38. The molecule has 24 heavy (non-hydrogen) atoms. The highest BCUT2D eigenvalue weighted by Gasteiger charge is 2.57. The molecule has 1 amide bonds. The molecule has 1 aromatic heterocycles. The van der Waals surface area contributed by atoms with Crippen LogP contribution in [0.3, 0.4) is 0 Å². The number of hydrogen-bond acceptors (Lipinski definition) is 5. The number of nitrogens with zero attached hydrogens (tertiary/aromatic N) is 2. The third kappa shape index (κ3) is 2.20. The lowest BCUT2D eigenvalue weighted by atomic mass is 10.00. The Morgan fingerprint density at radius 3 is 2.50 bits per heavy atom. The minimum Gasteiger partial charge on any atom is -0.453 e. The van der Waals surface area contributed by atoms with Crippen LogP contribution in [0.15, 0.2) is 24.4 Å². The number of hydrogen-bond donors (Lipinski definition) is 1. The highest BCUT2D eigenvalue weighted by atomic mass is 35.5. The summed E-state index contributed by atoms with van der Waals surface area (Å²) in [6.45, 7) is 0. The van der Waals surface area contributed by atoms with Gasteiger partial charge in [-0.1, -0.05) is 23.2 Å². The summed E-state index contributed by atoms with van der Waals surface area (Å²) in [6.07, 6.45) is 2.99. The lowest BCUT2D eigenvalue weighted by molar-refractivity contribution is -0.384. The molecular weight excluding hydrogens is 357 g/mol. The second-order valence-corrected chi connectivity index (χ2v) is 6.52. The van der Waals surface area contributed by atoms with E-state index in [0.29, 0.717) is 11.6 Å². The number of non-ortho nitro benzene ring substituents is 1. The summed E-state index contributed by atoms with van der Waals surface area (Å²) in [5.41, 5.74) is 0.0698. The van der Waals surface area contributed by atoms with E-state index in [1.165, 1.54) is 6.20 Å². The SMILES string of the molecule is O=C1Nc2ncc(Oc3c(Cl)cc([N+](=O)[O-])cc3Cl)cc2C12CC2. The van der Waals surface area contributed by atoms with E-state index in [-0.39, 0.29) is 27.4 Å². The number of amides is 1. The van der Waals surface area contributed by atoms with E-state index in [4.69, 9.17) is 27.9 Å². The van der Waals surface area contributed by atoms with Gasteiger partial charge in [0.1, 0.15) is 11.6 Å². The van der Waals surface area contributed by atoms with Crippen LogP contribution in [-0.2, 0) is 10.2 Å². The summed E-state index contributed by atoms with van der Waals surface area (Å²) >= 11 is 12.1. The molecule has 1 N–H and O–H groups in total. The second-order valence-electron chi connectivity index (χ2n) is 5.70. The number of carbonyl (C=O) groups is 1. The molecule has 1 aromatic carbocycles. The van der Waals surface area contributed by atoms with Gasteiger partial charge in [0.25, 0.3) is 5.69 Å². The van der Waals surface area contributed by atoms with E-state index in [2.05, 4.69) is 10.3 Å². The van der Waals surface area contributed by atoms with Gasteiger partial charge in [-0.3, -0.25) is 14.9 Å². The van der Waals surface area contributed by atoms with Crippen molar-refractivity contribution in [2.75, 3.05) is 5.32 Å². The zero-order chi connectivity index (χ0) is 17.1. The summed E-state index contributed by atoms with van der Waals surface area (Å²) in [5.74, 6) is 0.946. The van der Waals surface area contributed by atoms with Crippen LogP contribution in [0.2, 0.25) is 10.0 Å². The number of aromatic nitrogens is 1. The number of pyridine rings is 1. The van der Waals surface area contributed by atoms with Crippen molar-refractivity contribution >= 4 is 40.6 Å². The number of anilines is 1. The molecule has 1 aliphatic heterocycles. The Balaban J connectivity index is 1.69. The molecule has 122 valence electrons. The highest BCUT2D eigenvalue weighted by Crippen LogP contribution is 2.55. The Morgan fingerprint density at radius 1 is 1.25 bits per heavy atom. The first-order valence-electron chi connectivity index (χ1n) is 7.04. The quantitative estimate of drug-likeness (QED) is 0.653. The first kappa shape index (κ1) is 15.2. The molecule has 7 nitrogen and oxygen atoms in total. The third-order valence-corrected chi connectivity index (χ3v) is 4.77. The van der Waals surface area contributed by atoms with E-state index >= 15 is 0 Å². The van der Waals surface area contributed by atoms with E-state index < -0.39 is 10.3 Å². The number of ether oxygens (including phenoxy) is 1. The van der Waals surface area contributed by atoms with Gasteiger partial charge in [0, 0.05) is 17.7 Å². The zero-order valence-electron chi connectivity index (χ0n) is 12.0. The molecule has 0 saturated heterocycles. The van der Waals surface area contributed by atoms with Crippen molar-refractivity contribution in [2.45, 2.75) is 18.3 Å². The number of rotatable bonds is 3. The molecule has 4 rings (SSSR count). The van der Waals surface area contributed by atoms with Crippen LogP contribution in [0.1, 0.15) is 18.4 Å². The monoisotopic (exact) mass is 365 g/mol. The summed E-state index contributed by atoms with van der Waals surface area (Å²) < 4.78 is 5.67. The average molecular weight is 366 g/mol. The van der Waals surface area contributed by atoms with E-state index in [1.807, 2.05) is 0 Å². The minimum atomic E-state index is -0.591. The third-order valence-electron chi connectivity index (χ3n) is 4.21. The van der Waals surface area contributed by atoms with Crippen molar-refractivity contribution in [3.05, 3.63) is 50.1 Å². The van der Waals surface area contributed by atoms with Gasteiger partial charge in [-0.25, -0.2) is 4.98 Å². The summed E-state index contributed by atoms with van der Waals surface area (Å²) in [4.78, 5) is 26.4. The number of nitro groups is 1. The Bertz CT molecular complexity index is 889. The summed E-state index contributed by atoms with van der Waals surface area (Å²) in [6, 6.07) is 4.05. The number of halogens is 2. The van der Waals surface area contributed by atoms with E-state index in [9.17, 15) is 14.9 Å². The standard InChI is InChI=1S/C15H9Cl2N3O4/c16-10-3-7(20(22)23)4-11(17)12(10)24-8-5-9-13(18-6-8)19-14(21)15(9)1-2-15/h3-6H,1-2H2,(H,18,19,21). The maximum Gasteiger partial charge on any atom is 0.272 e. The van der Waals surface area contributed by atoms with Crippen LogP contribution in [0.5, 0.6) is 11.5 Å². The molecule has 1 fully saturated rings. The molecule has 2 aliphatic rings. The fourth-order valence-electron chi connectivity index (χ4n) is 2.80. The van der Waals surface area contributed by atoms with Gasteiger partial charge in [0.2, 0.25) is 5.91 Å². The Morgan fingerprint density at radius 2 is 1.92 bits per heavy atom. The fourth-order valence-corrected chi connectivity index (χ4v) is 3.36. The van der Waals surface area contributed by atoms with Crippen LogP contribution >= 0.6 is 23.2 Å². The molecule has 0 radical (unpaired) electrons. The predicted octanol–water partition coefficient (Wildman–Crippen LogP) is 4.07. The maximum atomic E-state index is 12.0. The van der Waals surface area contributed by atoms with Crippen LogP contribution in [0, 0.1) is 10.1 Å². The van der Waals surface area contributed by atoms with Crippen LogP contribution in [-0.4, -0.2) is 15.8 Å². The number of fused-ring (bicyclic) bond motifs is 2. The first-order valence-corrected chi connectivity index (χ1v) is 7.79. The van der Waals surface area contributed by atoms with Gasteiger partial charge < -0.3 is 10.1 Å². The van der Waals surface area contributed by atoms with Gasteiger partial charge in [-0.05, 0) is 18.9 Å². The molecule has 0 unspecified atom stereocenters. The molecular formula is C15H9Cl2N3O4. The lowest BCUT2D eigenvalue weighted by Crippen LogP contribution is -2.18. The zero-order valence-corrected chi connectivity index (χ0v) is 13.5. The lowest BCUT2D eigenvalue weighted by Gasteiger charge is -2.11. The fraction of sp³-hybridized carbons (Fsp3) is 0.200. The summed E-state index contributed by atoms with van der Waals surface area (Å²) in [7, 11) is 0. The van der Waals surface area contributed by atoms with Gasteiger partial charge >= 0.3 is 0 Å². The number of nitrogens with one attached hydrogen (secondary N) is 1. The Labute approximate surface area is 145 Å². The summed E-state index contributed by atoms with van der Waals surface area (Å²) in [5, 5.41) is 13.6. The van der Waals surface area contributed by atoms with Crippen molar-refractivity contribution in [3.8, 4) is 11.5 Å². The number of benzene rings is 1. The minimum absolute atomic E-state index is 0.0186. The molecule has 2 aromatic rings. The van der Waals surface area contributed by atoms with Crippen LogP contribution in [0.4, 0.5) is 11.5 Å². The first-order chi connectivity index (χ1) is 11.4. The van der Waals surface area contributed by atoms with E-state index in [1.54, 1.807) is 6.07 Å². The van der Waals surface area contributed by atoms with Crippen LogP contribution in [0.25, 0.3) is 0 Å². The van der Waals surface area contributed by atoms with Crippen molar-refractivity contribution in [1.82, 2.24) is 4.98 Å². The molecule has 1 aliphatic carbocycles. The van der Waals surface area contributed by atoms with E-state index in [0.717, 1.165) is 30.5 Å². The average Bonchev–Trinajstić information content (AvgIpc) is 3.28. The number of carbonyl (C=O) groups excluding carboxylic acids is 1. The topological polar surface area (TPSA) is 94.4 Å². The van der Waals surface area contributed by atoms with Gasteiger partial charge in [-0.2, -0.15) is 0 Å². The van der Waals surface area contributed by atoms with Gasteiger partial charge in [0.05, 0.1) is 26.6 Å². The highest BCUT2D eigenvalue weighted by molar-refractivity contribution is 6.37. The van der Waals surface area contributed by atoms with Crippen LogP contribution < -0.4 is 10.1 Å². The molecule has 0 atom stereocenters. The largest absolute Gasteiger partial charge is 0.453 e. The second kappa shape index (κ2) is 5.06. The maximum absolute atomic E-state index is 12.0. The van der Waals surface area contributed by atoms with Crippen molar-refractivity contribution < 1.29 is 14.5 Å². The van der Waals surface area contributed by atoms with Crippen molar-refractivity contribution in [2.24, 2.45) is 0 Å².